The first-order valence-electron chi connectivity index (χ1n) is 19.3. The van der Waals surface area contributed by atoms with Crippen molar-refractivity contribution < 1.29 is 8.83 Å². The zero-order valence-corrected chi connectivity index (χ0v) is 30.4. The lowest BCUT2D eigenvalue weighted by molar-refractivity contribution is 0.652. The lowest BCUT2D eigenvalue weighted by Crippen LogP contribution is -2.31. The van der Waals surface area contributed by atoms with E-state index in [-0.39, 0.29) is 6.04 Å². The van der Waals surface area contributed by atoms with Gasteiger partial charge in [0.1, 0.15) is 28.2 Å². The zero-order valence-electron chi connectivity index (χ0n) is 30.4. The van der Waals surface area contributed by atoms with Crippen molar-refractivity contribution in [3.8, 4) is 22.3 Å². The number of amidine groups is 1. The largest absolute Gasteiger partial charge is 0.456 e. The van der Waals surface area contributed by atoms with E-state index < -0.39 is 0 Å². The van der Waals surface area contributed by atoms with Crippen LogP contribution in [0.4, 0.5) is 0 Å². The highest BCUT2D eigenvalue weighted by Gasteiger charge is 2.30. The second-order valence-electron chi connectivity index (χ2n) is 15.0. The van der Waals surface area contributed by atoms with E-state index >= 15 is 0 Å². The Morgan fingerprint density at radius 2 is 1.29 bits per heavy atom. The molecule has 2 aromatic heterocycles. The smallest absolute Gasteiger partial charge is 0.141 e. The van der Waals surface area contributed by atoms with Gasteiger partial charge in [0.2, 0.25) is 0 Å². The van der Waals surface area contributed by atoms with Gasteiger partial charge in [-0.2, -0.15) is 0 Å². The maximum absolute atomic E-state index is 6.56. The molecule has 1 N–H and O–H groups in total. The number of allylic oxidation sites excluding steroid dienone is 4. The van der Waals surface area contributed by atoms with Crippen LogP contribution in [-0.2, 0) is 0 Å². The predicted molar refractivity (Wildman–Crippen MR) is 230 cm³/mol. The number of aliphatic imine (C=N–C) groups is 1. The molecule has 0 radical (unpaired) electrons. The van der Waals surface area contributed by atoms with Crippen molar-refractivity contribution in [3.63, 3.8) is 0 Å². The Morgan fingerprint density at radius 3 is 2.23 bits per heavy atom. The van der Waals surface area contributed by atoms with Crippen LogP contribution in [0.15, 0.2) is 190 Å². The molecular weight excluding hydrogens is 685 g/mol. The van der Waals surface area contributed by atoms with Crippen LogP contribution in [0.3, 0.4) is 0 Å². The fourth-order valence-corrected chi connectivity index (χ4v) is 9.27. The number of para-hydroxylation sites is 2. The molecule has 0 saturated carbocycles. The molecule has 9 aromatic rings. The summed E-state index contributed by atoms with van der Waals surface area (Å²) in [5.41, 5.74) is 16.6. The van der Waals surface area contributed by atoms with E-state index in [1.165, 1.54) is 33.4 Å². The van der Waals surface area contributed by atoms with Gasteiger partial charge < -0.3 is 14.2 Å². The highest BCUT2D eigenvalue weighted by Crippen LogP contribution is 2.50. The van der Waals surface area contributed by atoms with Gasteiger partial charge in [-0.15, -0.1) is 0 Å². The van der Waals surface area contributed by atoms with E-state index in [1.807, 2.05) is 18.2 Å². The van der Waals surface area contributed by atoms with Gasteiger partial charge in [0.15, 0.2) is 0 Å². The quantitative estimate of drug-likeness (QED) is 0.197. The molecule has 7 aromatic carbocycles. The van der Waals surface area contributed by atoms with Crippen LogP contribution < -0.4 is 5.32 Å². The Kier molecular flexibility index (Phi) is 6.78. The SMILES string of the molecule is C1=CCC2C(=C1)c1ccccc1-c1cc(-c3ccc4oc5cccc(C6=NC(c7ccccc7)=CC(c7cccc8c7oc7ccccc78)N6)c5c4c3)ccc12. The molecule has 264 valence electrons. The third-order valence-electron chi connectivity index (χ3n) is 11.9. The van der Waals surface area contributed by atoms with Crippen LogP contribution in [0.5, 0.6) is 0 Å². The Bertz CT molecular complexity index is 3210. The molecule has 0 amide bonds. The summed E-state index contributed by atoms with van der Waals surface area (Å²) in [4.78, 5) is 5.33. The minimum atomic E-state index is -0.195. The Morgan fingerprint density at radius 1 is 0.536 bits per heavy atom. The number of hydrogen-bond donors (Lipinski definition) is 1. The van der Waals surface area contributed by atoms with Crippen LogP contribution in [-0.4, -0.2) is 5.84 Å². The standard InChI is InChI=1S/C52H34N2O2/c1-2-12-31(13-3-1)45-30-46(41-20-10-19-40-39-18-8-9-22-47(39)56-51(40)41)54-52(53-45)42-21-11-23-49-50(42)44-29-33(25-27-48(44)55-49)32-24-26-38-36-16-5-4-14-34(36)35-15-6-7-17-37(35)43(38)28-32/h1-15,17-30,36,46H,16H2,(H,53,54). The molecule has 12 rings (SSSR count). The Balaban J connectivity index is 1.00. The molecule has 2 aliphatic carbocycles. The van der Waals surface area contributed by atoms with Crippen molar-refractivity contribution in [2.45, 2.75) is 18.4 Å². The van der Waals surface area contributed by atoms with Crippen LogP contribution >= 0.6 is 0 Å². The highest BCUT2D eigenvalue weighted by atomic mass is 16.3. The van der Waals surface area contributed by atoms with Gasteiger partial charge in [0.25, 0.3) is 0 Å². The summed E-state index contributed by atoms with van der Waals surface area (Å²) >= 11 is 0. The van der Waals surface area contributed by atoms with Crippen LogP contribution in [0.1, 0.15) is 46.2 Å². The van der Waals surface area contributed by atoms with Crippen molar-refractivity contribution in [3.05, 3.63) is 204 Å². The van der Waals surface area contributed by atoms with E-state index in [0.29, 0.717) is 5.92 Å². The van der Waals surface area contributed by atoms with Gasteiger partial charge in [0, 0.05) is 38.6 Å². The van der Waals surface area contributed by atoms with Crippen LogP contribution in [0, 0.1) is 0 Å². The fourth-order valence-electron chi connectivity index (χ4n) is 9.27. The predicted octanol–water partition coefficient (Wildman–Crippen LogP) is 13.4. The minimum Gasteiger partial charge on any atom is -0.456 e. The lowest BCUT2D eigenvalue weighted by atomic mass is 9.72. The Hall–Kier alpha value is -7.17. The summed E-state index contributed by atoms with van der Waals surface area (Å²) in [6.07, 6.45) is 10.0. The second kappa shape index (κ2) is 12.2. The molecule has 4 nitrogen and oxygen atoms in total. The first-order chi connectivity index (χ1) is 27.7. The average Bonchev–Trinajstić information content (AvgIpc) is 3.85. The molecule has 0 fully saturated rings. The van der Waals surface area contributed by atoms with Crippen molar-refractivity contribution in [2.24, 2.45) is 4.99 Å². The molecule has 1 aliphatic heterocycles. The molecular formula is C52H34N2O2. The van der Waals surface area contributed by atoms with Crippen molar-refractivity contribution in [2.75, 3.05) is 0 Å². The second-order valence-corrected chi connectivity index (χ2v) is 15.0. The maximum Gasteiger partial charge on any atom is 0.141 e. The average molecular weight is 719 g/mol. The van der Waals surface area contributed by atoms with Crippen molar-refractivity contribution in [1.29, 1.82) is 0 Å². The maximum atomic E-state index is 6.56. The molecule has 3 aliphatic rings. The van der Waals surface area contributed by atoms with Crippen LogP contribution in [0.25, 0.3) is 77.4 Å². The van der Waals surface area contributed by atoms with Crippen molar-refractivity contribution >= 4 is 61.0 Å². The number of nitrogens with one attached hydrogen (secondary N) is 1. The number of furan rings is 2. The van der Waals surface area contributed by atoms with E-state index in [4.69, 9.17) is 13.8 Å². The third kappa shape index (κ3) is 4.75. The molecule has 56 heavy (non-hydrogen) atoms. The number of fused-ring (bicyclic) bond motifs is 12. The number of benzene rings is 7. The van der Waals surface area contributed by atoms with Crippen LogP contribution in [0.2, 0.25) is 0 Å². The summed E-state index contributed by atoms with van der Waals surface area (Å²) in [7, 11) is 0. The summed E-state index contributed by atoms with van der Waals surface area (Å²) in [5.74, 6) is 1.17. The molecule has 2 atom stereocenters. The van der Waals surface area contributed by atoms with E-state index in [1.54, 1.807) is 0 Å². The molecule has 0 saturated heterocycles. The highest BCUT2D eigenvalue weighted by molar-refractivity contribution is 6.20. The first-order valence-corrected chi connectivity index (χ1v) is 19.3. The number of hydrogen-bond acceptors (Lipinski definition) is 4. The summed E-state index contributed by atoms with van der Waals surface area (Å²) in [6, 6.07) is 53.6. The van der Waals surface area contributed by atoms with E-state index in [2.05, 4.69) is 163 Å². The molecule has 4 heteroatoms. The van der Waals surface area contributed by atoms with Gasteiger partial charge in [0.05, 0.1) is 11.7 Å². The molecule has 3 heterocycles. The third-order valence-corrected chi connectivity index (χ3v) is 11.9. The topological polar surface area (TPSA) is 50.7 Å². The fraction of sp³-hybridized carbons (Fsp3) is 0.0577. The monoisotopic (exact) mass is 718 g/mol. The molecule has 0 bridgehead atoms. The van der Waals surface area contributed by atoms with Gasteiger partial charge in [-0.05, 0) is 87.3 Å². The van der Waals surface area contributed by atoms with E-state index in [0.717, 1.165) is 84.1 Å². The van der Waals surface area contributed by atoms with Gasteiger partial charge in [-0.25, -0.2) is 4.99 Å². The molecule has 2 unspecified atom stereocenters. The summed E-state index contributed by atoms with van der Waals surface area (Å²) < 4.78 is 13.1. The number of nitrogens with zero attached hydrogens (tertiary/aromatic N) is 1. The van der Waals surface area contributed by atoms with Gasteiger partial charge in [-0.1, -0.05) is 140 Å². The lowest BCUT2D eigenvalue weighted by Gasteiger charge is -2.32. The summed E-state index contributed by atoms with van der Waals surface area (Å²) in [5, 5.41) is 8.16. The van der Waals surface area contributed by atoms with E-state index in [9.17, 15) is 0 Å². The Labute approximate surface area is 323 Å². The first kappa shape index (κ1) is 31.2. The molecule has 0 spiro atoms. The number of rotatable bonds is 4. The van der Waals surface area contributed by atoms with Gasteiger partial charge >= 0.3 is 0 Å². The van der Waals surface area contributed by atoms with Crippen molar-refractivity contribution in [1.82, 2.24) is 5.32 Å². The normalized spacial score (nSPS) is 17.2. The summed E-state index contributed by atoms with van der Waals surface area (Å²) in [6.45, 7) is 0. The minimum absolute atomic E-state index is 0.195. The zero-order chi connectivity index (χ0) is 36.7. The van der Waals surface area contributed by atoms with Gasteiger partial charge in [-0.3, -0.25) is 0 Å².